The molecular formula is C13H16ClNO2. The number of hydrogen-bond donors (Lipinski definition) is 1. The minimum Gasteiger partial charge on any atom is -0.497 e. The molecule has 1 aromatic rings. The predicted molar refractivity (Wildman–Crippen MR) is 70.3 cm³/mol. The van der Waals surface area contributed by atoms with Crippen LogP contribution in [0.5, 0.6) is 5.75 Å². The topological polar surface area (TPSA) is 38.3 Å². The number of carbonyl (C=O) groups excluding carboxylic acids is 1. The Morgan fingerprint density at radius 3 is 2.88 bits per heavy atom. The van der Waals surface area contributed by atoms with E-state index in [0.717, 1.165) is 17.7 Å². The number of amides is 1. The van der Waals surface area contributed by atoms with Gasteiger partial charge < -0.3 is 10.1 Å². The first kappa shape index (κ1) is 13.6. The summed E-state index contributed by atoms with van der Waals surface area (Å²) in [6.07, 6.45) is 4.69. The van der Waals surface area contributed by atoms with Crippen molar-refractivity contribution in [3.63, 3.8) is 0 Å². The van der Waals surface area contributed by atoms with E-state index in [1.54, 1.807) is 13.2 Å². The Morgan fingerprint density at radius 2 is 2.29 bits per heavy atom. The lowest BCUT2D eigenvalue weighted by atomic mass is 10.2. The number of benzene rings is 1. The molecule has 0 heterocycles. The summed E-state index contributed by atoms with van der Waals surface area (Å²) in [5.41, 5.74) is 0.940. The quantitative estimate of drug-likeness (QED) is 0.820. The van der Waals surface area contributed by atoms with Crippen molar-refractivity contribution in [3.8, 4) is 5.75 Å². The summed E-state index contributed by atoms with van der Waals surface area (Å²) in [4.78, 5) is 10.6. The number of nitrogens with one attached hydrogen (secondary N) is 1. The van der Waals surface area contributed by atoms with Crippen molar-refractivity contribution in [3.05, 3.63) is 34.9 Å². The van der Waals surface area contributed by atoms with E-state index in [-0.39, 0.29) is 5.91 Å². The SMILES string of the molecule is COc1ccc(C=CCCNC(C)=O)c(Cl)c1. The number of halogens is 1. The summed E-state index contributed by atoms with van der Waals surface area (Å²) < 4.78 is 5.06. The summed E-state index contributed by atoms with van der Waals surface area (Å²) in [5.74, 6) is 0.728. The molecule has 3 nitrogen and oxygen atoms in total. The standard InChI is InChI=1S/C13H16ClNO2/c1-10(16)15-8-4-3-5-11-6-7-12(17-2)9-13(11)14/h3,5-7,9H,4,8H2,1-2H3,(H,15,16). The highest BCUT2D eigenvalue weighted by Crippen LogP contribution is 2.23. The highest BCUT2D eigenvalue weighted by atomic mass is 35.5. The molecule has 1 aromatic carbocycles. The van der Waals surface area contributed by atoms with Gasteiger partial charge in [0.05, 0.1) is 12.1 Å². The molecule has 0 aromatic heterocycles. The molecule has 1 amide bonds. The molecule has 1 N–H and O–H groups in total. The smallest absolute Gasteiger partial charge is 0.216 e. The second kappa shape index (κ2) is 6.97. The summed E-state index contributed by atoms with van der Waals surface area (Å²) in [7, 11) is 1.61. The average Bonchev–Trinajstić information content (AvgIpc) is 2.30. The highest BCUT2D eigenvalue weighted by Gasteiger charge is 1.98. The second-order valence-electron chi connectivity index (χ2n) is 3.56. The maximum Gasteiger partial charge on any atom is 0.216 e. The van der Waals surface area contributed by atoms with Crippen molar-refractivity contribution >= 4 is 23.6 Å². The van der Waals surface area contributed by atoms with E-state index in [9.17, 15) is 4.79 Å². The van der Waals surface area contributed by atoms with Gasteiger partial charge in [-0.1, -0.05) is 23.8 Å². The zero-order valence-electron chi connectivity index (χ0n) is 10.00. The van der Waals surface area contributed by atoms with Crippen LogP contribution >= 0.6 is 11.6 Å². The van der Waals surface area contributed by atoms with Crippen LogP contribution in [0.1, 0.15) is 18.9 Å². The van der Waals surface area contributed by atoms with Crippen LogP contribution in [0.4, 0.5) is 0 Å². The van der Waals surface area contributed by atoms with Gasteiger partial charge in [0.25, 0.3) is 0 Å². The van der Waals surface area contributed by atoms with Crippen molar-refractivity contribution in [2.24, 2.45) is 0 Å². The molecule has 0 radical (unpaired) electrons. The summed E-state index contributed by atoms with van der Waals surface area (Å²) >= 11 is 6.07. The maximum atomic E-state index is 10.6. The molecule has 0 fully saturated rings. The van der Waals surface area contributed by atoms with E-state index in [2.05, 4.69) is 5.32 Å². The van der Waals surface area contributed by atoms with Gasteiger partial charge in [0.15, 0.2) is 0 Å². The zero-order valence-corrected chi connectivity index (χ0v) is 10.8. The fourth-order valence-corrected chi connectivity index (χ4v) is 1.55. The highest BCUT2D eigenvalue weighted by molar-refractivity contribution is 6.32. The Hall–Kier alpha value is -1.48. The zero-order chi connectivity index (χ0) is 12.7. The molecule has 0 atom stereocenters. The summed E-state index contributed by atoms with van der Waals surface area (Å²) in [6, 6.07) is 5.53. The van der Waals surface area contributed by atoms with Gasteiger partial charge >= 0.3 is 0 Å². The molecular weight excluding hydrogens is 238 g/mol. The van der Waals surface area contributed by atoms with Crippen LogP contribution in [-0.4, -0.2) is 19.6 Å². The van der Waals surface area contributed by atoms with Gasteiger partial charge in [0.2, 0.25) is 5.91 Å². The third-order valence-corrected chi connectivity index (χ3v) is 2.52. The molecule has 1 rings (SSSR count). The van der Waals surface area contributed by atoms with Crippen LogP contribution in [0.15, 0.2) is 24.3 Å². The number of ether oxygens (including phenoxy) is 1. The molecule has 92 valence electrons. The van der Waals surface area contributed by atoms with E-state index < -0.39 is 0 Å². The van der Waals surface area contributed by atoms with Crippen LogP contribution < -0.4 is 10.1 Å². The van der Waals surface area contributed by atoms with Crippen LogP contribution in [-0.2, 0) is 4.79 Å². The second-order valence-corrected chi connectivity index (χ2v) is 3.97. The fourth-order valence-electron chi connectivity index (χ4n) is 1.31. The number of carbonyl (C=O) groups is 1. The molecule has 0 spiro atoms. The molecule has 0 unspecified atom stereocenters. The van der Waals surface area contributed by atoms with E-state index in [1.165, 1.54) is 6.92 Å². The molecule has 17 heavy (non-hydrogen) atoms. The van der Waals surface area contributed by atoms with Gasteiger partial charge in [-0.25, -0.2) is 0 Å². The molecule has 0 bridgehead atoms. The van der Waals surface area contributed by atoms with Crippen LogP contribution in [0, 0.1) is 0 Å². The van der Waals surface area contributed by atoms with E-state index in [1.807, 2.05) is 24.3 Å². The maximum absolute atomic E-state index is 10.6. The lowest BCUT2D eigenvalue weighted by Gasteiger charge is -2.02. The molecule has 4 heteroatoms. The number of hydrogen-bond acceptors (Lipinski definition) is 2. The van der Waals surface area contributed by atoms with Gasteiger partial charge in [-0.15, -0.1) is 0 Å². The van der Waals surface area contributed by atoms with Gasteiger partial charge in [-0.05, 0) is 30.2 Å². The first-order chi connectivity index (χ1) is 8.13. The van der Waals surface area contributed by atoms with Gasteiger partial charge in [-0.2, -0.15) is 0 Å². The minimum atomic E-state index is -0.0131. The molecule has 0 aliphatic carbocycles. The van der Waals surface area contributed by atoms with Crippen molar-refractivity contribution in [1.29, 1.82) is 0 Å². The van der Waals surface area contributed by atoms with Crippen molar-refractivity contribution in [2.75, 3.05) is 13.7 Å². The normalized spacial score (nSPS) is 10.5. The molecule has 0 saturated heterocycles. The van der Waals surface area contributed by atoms with Gasteiger partial charge in [0.1, 0.15) is 5.75 Å². The Kier molecular flexibility index (Phi) is 5.57. The Bertz CT molecular complexity index is 416. The Morgan fingerprint density at radius 1 is 1.53 bits per heavy atom. The average molecular weight is 254 g/mol. The number of methoxy groups -OCH3 is 1. The van der Waals surface area contributed by atoms with Crippen LogP contribution in [0.25, 0.3) is 6.08 Å². The largest absolute Gasteiger partial charge is 0.497 e. The van der Waals surface area contributed by atoms with Gasteiger partial charge in [0, 0.05) is 13.5 Å². The summed E-state index contributed by atoms with van der Waals surface area (Å²) in [6.45, 7) is 2.14. The first-order valence-corrected chi connectivity index (χ1v) is 5.76. The van der Waals surface area contributed by atoms with Crippen LogP contribution in [0.2, 0.25) is 5.02 Å². The lowest BCUT2D eigenvalue weighted by Crippen LogP contribution is -2.20. The Balaban J connectivity index is 2.50. The van der Waals surface area contributed by atoms with Crippen molar-refractivity contribution in [1.82, 2.24) is 5.32 Å². The monoisotopic (exact) mass is 253 g/mol. The van der Waals surface area contributed by atoms with Crippen molar-refractivity contribution < 1.29 is 9.53 Å². The van der Waals surface area contributed by atoms with E-state index in [0.29, 0.717) is 11.6 Å². The number of rotatable bonds is 5. The van der Waals surface area contributed by atoms with Crippen molar-refractivity contribution in [2.45, 2.75) is 13.3 Å². The van der Waals surface area contributed by atoms with Crippen LogP contribution in [0.3, 0.4) is 0 Å². The fraction of sp³-hybridized carbons (Fsp3) is 0.308. The predicted octanol–water partition coefficient (Wildman–Crippen LogP) is 2.89. The van der Waals surface area contributed by atoms with Gasteiger partial charge in [-0.3, -0.25) is 4.79 Å². The molecule has 0 saturated carbocycles. The van der Waals surface area contributed by atoms with E-state index >= 15 is 0 Å². The first-order valence-electron chi connectivity index (χ1n) is 5.38. The third kappa shape index (κ3) is 4.91. The third-order valence-electron chi connectivity index (χ3n) is 2.19. The summed E-state index contributed by atoms with van der Waals surface area (Å²) in [5, 5.41) is 3.37. The molecule has 0 aliphatic rings. The lowest BCUT2D eigenvalue weighted by molar-refractivity contribution is -0.118. The van der Waals surface area contributed by atoms with E-state index in [4.69, 9.17) is 16.3 Å². The molecule has 0 aliphatic heterocycles. The Labute approximate surface area is 106 Å². The minimum absolute atomic E-state index is 0.0131.